The average molecular weight is 197 g/mol. The molecule has 5 heteroatoms. The molecule has 0 radical (unpaired) electrons. The first-order valence-corrected chi connectivity index (χ1v) is 3.99. The third kappa shape index (κ3) is 1.76. The van der Waals surface area contributed by atoms with Crippen LogP contribution in [0.3, 0.4) is 0 Å². The van der Waals surface area contributed by atoms with Crippen LogP contribution in [0.25, 0.3) is 0 Å². The molecular weight excluding hydrogens is 185 g/mol. The molecule has 0 fully saturated rings. The Labute approximate surface area is 81.3 Å². The molecule has 1 aromatic rings. The summed E-state index contributed by atoms with van der Waals surface area (Å²) in [7, 11) is 3.33. The van der Waals surface area contributed by atoms with Crippen molar-refractivity contribution in [2.24, 2.45) is 5.73 Å². The number of carbonyl (C=O) groups is 1. The summed E-state index contributed by atoms with van der Waals surface area (Å²) >= 11 is 0. The Morgan fingerprint density at radius 1 is 1.43 bits per heavy atom. The maximum atomic E-state index is 13.3. The van der Waals surface area contributed by atoms with Gasteiger partial charge in [0, 0.05) is 19.8 Å². The number of hydrogen-bond acceptors (Lipinski definition) is 3. The van der Waals surface area contributed by atoms with E-state index in [4.69, 9.17) is 11.5 Å². The van der Waals surface area contributed by atoms with Gasteiger partial charge in [0.15, 0.2) is 0 Å². The minimum atomic E-state index is -0.661. The van der Waals surface area contributed by atoms with Gasteiger partial charge in [0.25, 0.3) is 5.91 Å². The van der Waals surface area contributed by atoms with Gasteiger partial charge in [-0.15, -0.1) is 0 Å². The lowest BCUT2D eigenvalue weighted by Crippen LogP contribution is -2.17. The topological polar surface area (TPSA) is 72.3 Å². The number of carbonyl (C=O) groups excluding carboxylic acids is 1. The summed E-state index contributed by atoms with van der Waals surface area (Å²) in [5.41, 5.74) is 11.0. The van der Waals surface area contributed by atoms with Gasteiger partial charge in [-0.3, -0.25) is 4.79 Å². The number of hydrogen-bond donors (Lipinski definition) is 2. The number of nitrogens with zero attached hydrogens (tertiary/aromatic N) is 1. The number of anilines is 2. The van der Waals surface area contributed by atoms with E-state index in [2.05, 4.69) is 0 Å². The fourth-order valence-electron chi connectivity index (χ4n) is 1.13. The molecule has 0 spiro atoms. The average Bonchev–Trinajstić information content (AvgIpc) is 2.02. The van der Waals surface area contributed by atoms with Gasteiger partial charge in [0.2, 0.25) is 0 Å². The Morgan fingerprint density at radius 2 is 2.00 bits per heavy atom. The maximum absolute atomic E-state index is 13.3. The first kappa shape index (κ1) is 10.3. The molecule has 4 nitrogen and oxygen atoms in total. The van der Waals surface area contributed by atoms with E-state index in [1.807, 2.05) is 0 Å². The van der Waals surface area contributed by atoms with Gasteiger partial charge in [-0.05, 0) is 12.1 Å². The first-order valence-electron chi connectivity index (χ1n) is 3.99. The van der Waals surface area contributed by atoms with Gasteiger partial charge in [-0.2, -0.15) is 0 Å². The molecule has 14 heavy (non-hydrogen) atoms. The van der Waals surface area contributed by atoms with Crippen LogP contribution in [0.1, 0.15) is 10.4 Å². The van der Waals surface area contributed by atoms with Crippen LogP contribution in [0.15, 0.2) is 12.1 Å². The molecule has 4 N–H and O–H groups in total. The number of primary amides is 1. The van der Waals surface area contributed by atoms with Gasteiger partial charge >= 0.3 is 0 Å². The Balaban J connectivity index is 3.34. The highest BCUT2D eigenvalue weighted by Gasteiger charge is 2.12. The standard InChI is InChI=1S/C9H12FN3O/c1-13(2)8-3-5(9(12)14)7(11)4-6(8)10/h3-4H,11H2,1-2H3,(H2,12,14). The fourth-order valence-corrected chi connectivity index (χ4v) is 1.13. The van der Waals surface area contributed by atoms with Gasteiger partial charge < -0.3 is 16.4 Å². The van der Waals surface area contributed by atoms with E-state index >= 15 is 0 Å². The van der Waals surface area contributed by atoms with Crippen molar-refractivity contribution in [3.05, 3.63) is 23.5 Å². The second kappa shape index (κ2) is 3.53. The van der Waals surface area contributed by atoms with Crippen molar-refractivity contribution >= 4 is 17.3 Å². The molecule has 1 aromatic carbocycles. The molecule has 1 rings (SSSR count). The minimum absolute atomic E-state index is 0.0561. The third-order valence-corrected chi connectivity index (χ3v) is 1.87. The van der Waals surface area contributed by atoms with Crippen molar-refractivity contribution in [1.82, 2.24) is 0 Å². The second-order valence-corrected chi connectivity index (χ2v) is 3.15. The molecule has 0 aliphatic heterocycles. The minimum Gasteiger partial charge on any atom is -0.398 e. The summed E-state index contributed by atoms with van der Waals surface area (Å²) in [6.45, 7) is 0. The van der Waals surface area contributed by atoms with E-state index in [1.165, 1.54) is 6.07 Å². The maximum Gasteiger partial charge on any atom is 0.250 e. The number of halogens is 1. The number of nitrogens with two attached hydrogens (primary N) is 2. The lowest BCUT2D eigenvalue weighted by atomic mass is 10.1. The molecule has 0 aliphatic carbocycles. The van der Waals surface area contributed by atoms with Crippen molar-refractivity contribution in [2.75, 3.05) is 24.7 Å². The Hall–Kier alpha value is -1.78. The van der Waals surface area contributed by atoms with Crippen LogP contribution < -0.4 is 16.4 Å². The fraction of sp³-hybridized carbons (Fsp3) is 0.222. The number of rotatable bonds is 2. The van der Waals surface area contributed by atoms with Crippen molar-refractivity contribution in [2.45, 2.75) is 0 Å². The van der Waals surface area contributed by atoms with E-state index in [9.17, 15) is 9.18 Å². The largest absolute Gasteiger partial charge is 0.398 e. The molecule has 0 bridgehead atoms. The van der Waals surface area contributed by atoms with Crippen LogP contribution in [-0.2, 0) is 0 Å². The predicted octanol–water partition coefficient (Wildman–Crippen LogP) is 0.573. The highest BCUT2D eigenvalue weighted by molar-refractivity contribution is 5.99. The normalized spacial score (nSPS) is 9.93. The molecule has 0 saturated heterocycles. The van der Waals surface area contributed by atoms with E-state index in [0.29, 0.717) is 0 Å². The van der Waals surface area contributed by atoms with Crippen LogP contribution in [0.4, 0.5) is 15.8 Å². The summed E-state index contributed by atoms with van der Waals surface area (Å²) in [6.07, 6.45) is 0. The van der Waals surface area contributed by atoms with Crippen LogP contribution in [0.2, 0.25) is 0 Å². The predicted molar refractivity (Wildman–Crippen MR) is 53.7 cm³/mol. The molecule has 0 aromatic heterocycles. The Bertz CT molecular complexity index is 377. The Kier molecular flexibility index (Phi) is 2.60. The SMILES string of the molecule is CN(C)c1cc(C(N)=O)c(N)cc1F. The third-order valence-electron chi connectivity index (χ3n) is 1.87. The summed E-state index contributed by atoms with van der Waals surface area (Å²) in [5, 5.41) is 0. The van der Waals surface area contributed by atoms with Crippen LogP contribution in [0.5, 0.6) is 0 Å². The number of nitrogen functional groups attached to an aromatic ring is 1. The smallest absolute Gasteiger partial charge is 0.250 e. The zero-order chi connectivity index (χ0) is 10.9. The van der Waals surface area contributed by atoms with Crippen molar-refractivity contribution in [3.63, 3.8) is 0 Å². The summed E-state index contributed by atoms with van der Waals surface area (Å²) in [6, 6.07) is 2.43. The van der Waals surface area contributed by atoms with Crippen molar-refractivity contribution in [1.29, 1.82) is 0 Å². The van der Waals surface area contributed by atoms with E-state index in [0.717, 1.165) is 6.07 Å². The molecule has 0 aliphatic rings. The quantitative estimate of drug-likeness (QED) is 0.681. The summed E-state index contributed by atoms with van der Waals surface area (Å²) in [5.74, 6) is -1.14. The summed E-state index contributed by atoms with van der Waals surface area (Å²) in [4.78, 5) is 12.5. The van der Waals surface area contributed by atoms with Crippen molar-refractivity contribution < 1.29 is 9.18 Å². The number of benzene rings is 1. The van der Waals surface area contributed by atoms with Crippen LogP contribution >= 0.6 is 0 Å². The first-order chi connectivity index (χ1) is 6.43. The molecular formula is C9H12FN3O. The van der Waals surface area contributed by atoms with Gasteiger partial charge in [-0.25, -0.2) is 4.39 Å². The second-order valence-electron chi connectivity index (χ2n) is 3.15. The highest BCUT2D eigenvalue weighted by Crippen LogP contribution is 2.23. The van der Waals surface area contributed by atoms with Gasteiger partial charge in [0.05, 0.1) is 11.3 Å². The molecule has 0 unspecified atom stereocenters. The lowest BCUT2D eigenvalue weighted by Gasteiger charge is -2.15. The Morgan fingerprint density at radius 3 is 2.43 bits per heavy atom. The molecule has 0 heterocycles. The van der Waals surface area contributed by atoms with Crippen LogP contribution in [0, 0.1) is 5.82 Å². The molecule has 76 valence electrons. The zero-order valence-electron chi connectivity index (χ0n) is 8.04. The van der Waals surface area contributed by atoms with Gasteiger partial charge in [0.1, 0.15) is 5.82 Å². The van der Waals surface area contributed by atoms with E-state index in [1.54, 1.807) is 19.0 Å². The van der Waals surface area contributed by atoms with E-state index < -0.39 is 11.7 Å². The van der Waals surface area contributed by atoms with Crippen molar-refractivity contribution in [3.8, 4) is 0 Å². The highest BCUT2D eigenvalue weighted by atomic mass is 19.1. The molecule has 0 atom stereocenters. The van der Waals surface area contributed by atoms with E-state index in [-0.39, 0.29) is 16.9 Å². The molecule has 0 saturated carbocycles. The lowest BCUT2D eigenvalue weighted by molar-refractivity contribution is 0.100. The monoisotopic (exact) mass is 197 g/mol. The molecule has 1 amide bonds. The van der Waals surface area contributed by atoms with Gasteiger partial charge in [-0.1, -0.05) is 0 Å². The van der Waals surface area contributed by atoms with Crippen LogP contribution in [-0.4, -0.2) is 20.0 Å². The summed E-state index contributed by atoms with van der Waals surface area (Å²) < 4.78 is 13.3. The number of amides is 1. The zero-order valence-corrected chi connectivity index (χ0v) is 8.04.